The molecule has 7 heteroatoms. The molecule has 0 radical (unpaired) electrons. The molecule has 0 aliphatic carbocycles. The van der Waals surface area contributed by atoms with Crippen molar-refractivity contribution >= 4 is 34.7 Å². The van der Waals surface area contributed by atoms with Gasteiger partial charge in [0.15, 0.2) is 11.5 Å². The molecule has 0 spiro atoms. The first-order valence-corrected chi connectivity index (χ1v) is 11.1. The van der Waals surface area contributed by atoms with Crippen LogP contribution in [0.2, 0.25) is 5.02 Å². The van der Waals surface area contributed by atoms with E-state index in [1.807, 2.05) is 0 Å². The Morgan fingerprint density at radius 1 is 0.906 bits per heavy atom. The summed E-state index contributed by atoms with van der Waals surface area (Å²) in [4.78, 5) is 30.7. The molecule has 2 aliphatic heterocycles. The fraction of sp³-hybridized carbons (Fsp3) is 0.360. The van der Waals surface area contributed by atoms with Gasteiger partial charge in [-0.25, -0.2) is 4.90 Å². The lowest BCUT2D eigenvalue weighted by Gasteiger charge is -2.37. The third kappa shape index (κ3) is 3.84. The van der Waals surface area contributed by atoms with Gasteiger partial charge in [0.05, 0.1) is 30.5 Å². The third-order valence-corrected chi connectivity index (χ3v) is 6.33. The number of likely N-dealkylation sites (tertiary alicyclic amines) is 1. The number of anilines is 1. The van der Waals surface area contributed by atoms with Crippen LogP contribution in [0.5, 0.6) is 11.5 Å². The largest absolute Gasteiger partial charge is 0.493 e. The summed E-state index contributed by atoms with van der Waals surface area (Å²) in [6.45, 7) is 5.77. The molecule has 2 aliphatic rings. The van der Waals surface area contributed by atoms with Crippen LogP contribution < -0.4 is 14.4 Å². The Balaban J connectivity index is 1.88. The standard InChI is InChI=1S/C25H27ClN2O4/c1-15-11-16(2)14-27(13-15)23-22(17-9-10-20(31-3)21(12-17)32-4)24(29)28(25(23)30)19-8-6-5-7-18(19)26/h5-10,12,15-16H,11,13-14H2,1-4H3. The molecule has 2 aromatic carbocycles. The maximum atomic E-state index is 13.7. The number of carbonyl (C=O) groups excluding carboxylic acids is 2. The first-order valence-electron chi connectivity index (χ1n) is 10.7. The molecule has 2 unspecified atom stereocenters. The van der Waals surface area contributed by atoms with Crippen LogP contribution in [0.1, 0.15) is 25.8 Å². The van der Waals surface area contributed by atoms with Crippen LogP contribution >= 0.6 is 11.6 Å². The zero-order valence-corrected chi connectivity index (χ0v) is 19.5. The lowest BCUT2D eigenvalue weighted by molar-refractivity contribution is -0.120. The van der Waals surface area contributed by atoms with Crippen LogP contribution in [0.3, 0.4) is 0 Å². The van der Waals surface area contributed by atoms with Gasteiger partial charge in [-0.15, -0.1) is 0 Å². The van der Waals surface area contributed by atoms with Gasteiger partial charge in [0.1, 0.15) is 5.70 Å². The van der Waals surface area contributed by atoms with Crippen molar-refractivity contribution in [1.29, 1.82) is 0 Å². The highest BCUT2D eigenvalue weighted by molar-refractivity contribution is 6.47. The number of hydrogen-bond acceptors (Lipinski definition) is 5. The molecule has 2 aromatic rings. The Bertz CT molecular complexity index is 1090. The number of imide groups is 1. The second-order valence-corrected chi connectivity index (χ2v) is 8.95. The second-order valence-electron chi connectivity index (χ2n) is 8.54. The molecule has 4 rings (SSSR count). The third-order valence-electron chi connectivity index (χ3n) is 6.01. The minimum Gasteiger partial charge on any atom is -0.493 e. The average molecular weight is 455 g/mol. The van der Waals surface area contributed by atoms with Crippen molar-refractivity contribution in [2.45, 2.75) is 20.3 Å². The van der Waals surface area contributed by atoms with Crippen molar-refractivity contribution in [2.75, 3.05) is 32.2 Å². The molecule has 0 saturated carbocycles. The average Bonchev–Trinajstić information content (AvgIpc) is 3.03. The molecule has 1 fully saturated rings. The number of methoxy groups -OCH3 is 2. The molecule has 6 nitrogen and oxygen atoms in total. The summed E-state index contributed by atoms with van der Waals surface area (Å²) in [5.41, 5.74) is 1.77. The van der Waals surface area contributed by atoms with Gasteiger partial charge in [-0.2, -0.15) is 0 Å². The van der Waals surface area contributed by atoms with E-state index in [2.05, 4.69) is 18.7 Å². The van der Waals surface area contributed by atoms with Gasteiger partial charge in [-0.3, -0.25) is 9.59 Å². The summed E-state index contributed by atoms with van der Waals surface area (Å²) < 4.78 is 10.8. The van der Waals surface area contributed by atoms with Gasteiger partial charge < -0.3 is 14.4 Å². The molecule has 168 valence electrons. The topological polar surface area (TPSA) is 59.1 Å². The predicted octanol–water partition coefficient (Wildman–Crippen LogP) is 4.62. The molecular weight excluding hydrogens is 428 g/mol. The predicted molar refractivity (Wildman–Crippen MR) is 125 cm³/mol. The minimum atomic E-state index is -0.392. The molecule has 32 heavy (non-hydrogen) atoms. The van der Waals surface area contributed by atoms with Gasteiger partial charge >= 0.3 is 0 Å². The number of amides is 2. The second kappa shape index (κ2) is 8.87. The van der Waals surface area contributed by atoms with Crippen LogP contribution in [0.25, 0.3) is 5.57 Å². The van der Waals surface area contributed by atoms with E-state index in [4.69, 9.17) is 21.1 Å². The van der Waals surface area contributed by atoms with E-state index < -0.39 is 5.91 Å². The van der Waals surface area contributed by atoms with Crippen LogP contribution in [-0.2, 0) is 9.59 Å². The van der Waals surface area contributed by atoms with Crippen molar-refractivity contribution in [3.63, 3.8) is 0 Å². The normalized spacial score (nSPS) is 21.4. The summed E-state index contributed by atoms with van der Waals surface area (Å²) in [7, 11) is 3.10. The molecule has 2 amide bonds. The fourth-order valence-corrected chi connectivity index (χ4v) is 4.98. The maximum Gasteiger partial charge on any atom is 0.282 e. The summed E-state index contributed by atoms with van der Waals surface area (Å²) in [6.07, 6.45) is 1.09. The molecule has 0 N–H and O–H groups in total. The molecular formula is C25H27ClN2O4. The van der Waals surface area contributed by atoms with Crippen LogP contribution in [0, 0.1) is 11.8 Å². The highest BCUT2D eigenvalue weighted by atomic mass is 35.5. The quantitative estimate of drug-likeness (QED) is 0.617. The smallest absolute Gasteiger partial charge is 0.282 e. The van der Waals surface area contributed by atoms with Crippen LogP contribution in [0.15, 0.2) is 48.2 Å². The lowest BCUT2D eigenvalue weighted by atomic mass is 9.91. The first kappa shape index (κ1) is 22.2. The van der Waals surface area contributed by atoms with E-state index in [0.717, 1.165) is 6.42 Å². The number of carbonyl (C=O) groups is 2. The van der Waals surface area contributed by atoms with Gasteiger partial charge in [-0.1, -0.05) is 43.6 Å². The van der Waals surface area contributed by atoms with E-state index in [1.165, 1.54) is 4.90 Å². The Kier molecular flexibility index (Phi) is 6.15. The van der Waals surface area contributed by atoms with Crippen molar-refractivity contribution in [2.24, 2.45) is 11.8 Å². The van der Waals surface area contributed by atoms with Crippen molar-refractivity contribution in [3.05, 3.63) is 58.7 Å². The molecule has 0 aromatic heterocycles. The first-order chi connectivity index (χ1) is 15.3. The highest BCUT2D eigenvalue weighted by Gasteiger charge is 2.44. The van der Waals surface area contributed by atoms with Gasteiger partial charge in [0.2, 0.25) is 0 Å². The van der Waals surface area contributed by atoms with E-state index >= 15 is 0 Å². The monoisotopic (exact) mass is 454 g/mol. The highest BCUT2D eigenvalue weighted by Crippen LogP contribution is 2.41. The van der Waals surface area contributed by atoms with Crippen molar-refractivity contribution in [3.8, 4) is 11.5 Å². The number of hydrogen-bond donors (Lipinski definition) is 0. The Hall–Kier alpha value is -2.99. The fourth-order valence-electron chi connectivity index (χ4n) is 4.76. The Morgan fingerprint density at radius 3 is 2.19 bits per heavy atom. The number of nitrogens with zero attached hydrogens (tertiary/aromatic N) is 2. The SMILES string of the molecule is COc1ccc(C2=C(N3CC(C)CC(C)C3)C(=O)N(c3ccccc3Cl)C2=O)cc1OC. The van der Waals surface area contributed by atoms with Crippen molar-refractivity contribution < 1.29 is 19.1 Å². The molecule has 0 bridgehead atoms. The summed E-state index contributed by atoms with van der Waals surface area (Å²) >= 11 is 6.38. The van der Waals surface area contributed by atoms with Gasteiger partial charge in [0, 0.05) is 13.1 Å². The van der Waals surface area contributed by atoms with E-state index in [9.17, 15) is 9.59 Å². The number of benzene rings is 2. The zero-order valence-electron chi connectivity index (χ0n) is 18.7. The number of piperidine rings is 1. The number of para-hydroxylation sites is 1. The van der Waals surface area contributed by atoms with Crippen LogP contribution in [-0.4, -0.2) is 44.0 Å². The summed E-state index contributed by atoms with van der Waals surface area (Å²) in [6, 6.07) is 12.2. The number of ether oxygens (including phenoxy) is 2. The molecule has 2 heterocycles. The lowest BCUT2D eigenvalue weighted by Crippen LogP contribution is -2.42. The van der Waals surface area contributed by atoms with Crippen LogP contribution in [0.4, 0.5) is 5.69 Å². The van der Waals surface area contributed by atoms with E-state index in [-0.39, 0.29) is 5.91 Å². The number of rotatable bonds is 5. The van der Waals surface area contributed by atoms with Crippen molar-refractivity contribution in [1.82, 2.24) is 4.90 Å². The Morgan fingerprint density at radius 2 is 1.56 bits per heavy atom. The van der Waals surface area contributed by atoms with E-state index in [0.29, 0.717) is 64.0 Å². The molecule has 1 saturated heterocycles. The van der Waals surface area contributed by atoms with Gasteiger partial charge in [0.25, 0.3) is 11.8 Å². The zero-order chi connectivity index (χ0) is 23.0. The molecule has 2 atom stereocenters. The minimum absolute atomic E-state index is 0.350. The summed E-state index contributed by atoms with van der Waals surface area (Å²) in [5.74, 6) is 1.13. The van der Waals surface area contributed by atoms with Gasteiger partial charge in [-0.05, 0) is 48.1 Å². The Labute approximate surface area is 193 Å². The number of halogens is 1. The maximum absolute atomic E-state index is 13.7. The van der Waals surface area contributed by atoms with E-state index in [1.54, 1.807) is 56.7 Å². The summed E-state index contributed by atoms with van der Waals surface area (Å²) in [5, 5.41) is 0.350.